The van der Waals surface area contributed by atoms with E-state index in [1.807, 2.05) is 13.8 Å². The molecule has 208 valence electrons. The summed E-state index contributed by atoms with van der Waals surface area (Å²) in [7, 11) is 0. The van der Waals surface area contributed by atoms with Crippen molar-refractivity contribution in [1.82, 2.24) is 0 Å². The van der Waals surface area contributed by atoms with Crippen LogP contribution in [0.4, 0.5) is 0 Å². The third-order valence-electron chi connectivity index (χ3n) is 6.48. The van der Waals surface area contributed by atoms with Gasteiger partial charge in [-0.2, -0.15) is 0 Å². The van der Waals surface area contributed by atoms with Crippen molar-refractivity contribution in [2.24, 2.45) is 11.7 Å². The summed E-state index contributed by atoms with van der Waals surface area (Å²) in [6, 6.07) is 0. The Balaban J connectivity index is 0. The molecule has 0 unspecified atom stereocenters. The number of hydrogen-bond acceptors (Lipinski definition) is 2. The van der Waals surface area contributed by atoms with Gasteiger partial charge in [0.05, 0.1) is 0 Å². The molecule has 0 aliphatic carbocycles. The molecule has 4 heteroatoms. The van der Waals surface area contributed by atoms with Gasteiger partial charge in [0.25, 0.3) is 0 Å². The van der Waals surface area contributed by atoms with Crippen LogP contribution in [-0.2, 0) is 9.59 Å². The predicted octanol–water partition coefficient (Wildman–Crippen LogP) is 9.75. The molecule has 0 saturated heterocycles. The van der Waals surface area contributed by atoms with Crippen LogP contribution in [0.25, 0.3) is 0 Å². The number of carboxylic acid groups (broad SMARTS) is 1. The lowest BCUT2D eigenvalue weighted by Gasteiger charge is -2.04. The molecular formula is C31H61NO3. The largest absolute Gasteiger partial charge is 0.481 e. The summed E-state index contributed by atoms with van der Waals surface area (Å²) in [5, 5.41) is 8.16. The van der Waals surface area contributed by atoms with Crippen molar-refractivity contribution < 1.29 is 14.7 Å². The Morgan fingerprint density at radius 1 is 0.686 bits per heavy atom. The Bertz CT molecular complexity index is 499. The molecule has 0 aliphatic rings. The Kier molecular flexibility index (Phi) is 29.6. The summed E-state index contributed by atoms with van der Waals surface area (Å²) in [6.45, 7) is 8.64. The molecule has 0 aromatic carbocycles. The first-order valence-electron chi connectivity index (χ1n) is 14.9. The first-order valence-corrected chi connectivity index (χ1v) is 14.9. The van der Waals surface area contributed by atoms with E-state index in [1.165, 1.54) is 109 Å². The minimum absolute atomic E-state index is 0.155. The Morgan fingerprint density at radius 3 is 1.51 bits per heavy atom. The van der Waals surface area contributed by atoms with E-state index in [1.54, 1.807) is 5.57 Å². The number of carbonyl (C=O) groups excluding carboxylic acids is 1. The van der Waals surface area contributed by atoms with E-state index in [9.17, 15) is 9.59 Å². The fraction of sp³-hybridized carbons (Fsp3) is 0.871. The van der Waals surface area contributed by atoms with Crippen LogP contribution in [0.15, 0.2) is 11.6 Å². The molecule has 0 rings (SSSR count). The number of amides is 1. The van der Waals surface area contributed by atoms with Gasteiger partial charge < -0.3 is 10.8 Å². The van der Waals surface area contributed by atoms with Crippen LogP contribution in [0, 0.1) is 5.92 Å². The molecule has 0 aromatic heterocycles. The summed E-state index contributed by atoms with van der Waals surface area (Å²) in [5.41, 5.74) is 6.75. The van der Waals surface area contributed by atoms with Crippen LogP contribution in [-0.4, -0.2) is 17.0 Å². The van der Waals surface area contributed by atoms with E-state index in [-0.39, 0.29) is 5.91 Å². The van der Waals surface area contributed by atoms with Crippen molar-refractivity contribution in [3.05, 3.63) is 11.6 Å². The number of nitrogens with two attached hydrogens (primary N) is 1. The quantitative estimate of drug-likeness (QED) is 0.103. The highest BCUT2D eigenvalue weighted by molar-refractivity contribution is 5.73. The van der Waals surface area contributed by atoms with Crippen molar-refractivity contribution in [1.29, 1.82) is 0 Å². The second-order valence-electron chi connectivity index (χ2n) is 10.8. The number of carboxylic acids is 1. The van der Waals surface area contributed by atoms with Crippen molar-refractivity contribution in [2.45, 2.75) is 169 Å². The SMILES string of the molecule is CC(C)CCC(=O)O.CCCCCCCCCC/C(C)=C\CCCCCCCCCCCC(N)=O. The second-order valence-corrected chi connectivity index (χ2v) is 10.8. The van der Waals surface area contributed by atoms with Crippen molar-refractivity contribution in [2.75, 3.05) is 0 Å². The molecule has 0 radical (unpaired) electrons. The van der Waals surface area contributed by atoms with Crippen LogP contribution >= 0.6 is 0 Å². The molecule has 0 saturated carbocycles. The van der Waals surface area contributed by atoms with E-state index in [0.717, 1.165) is 19.3 Å². The number of rotatable bonds is 24. The first kappa shape index (κ1) is 35.8. The molecule has 35 heavy (non-hydrogen) atoms. The number of allylic oxidation sites excluding steroid dienone is 2. The van der Waals surface area contributed by atoms with Gasteiger partial charge in [0, 0.05) is 12.8 Å². The van der Waals surface area contributed by atoms with Gasteiger partial charge in [-0.25, -0.2) is 0 Å². The number of hydrogen-bond donors (Lipinski definition) is 2. The average molecular weight is 496 g/mol. The molecular weight excluding hydrogens is 434 g/mol. The summed E-state index contributed by atoms with van der Waals surface area (Å²) in [5.74, 6) is -0.345. The maximum Gasteiger partial charge on any atom is 0.303 e. The van der Waals surface area contributed by atoms with Gasteiger partial charge in [0.1, 0.15) is 0 Å². The average Bonchev–Trinajstić information content (AvgIpc) is 2.80. The zero-order valence-corrected chi connectivity index (χ0v) is 24.1. The highest BCUT2D eigenvalue weighted by atomic mass is 16.4. The van der Waals surface area contributed by atoms with Crippen molar-refractivity contribution in [3.63, 3.8) is 0 Å². The Morgan fingerprint density at radius 2 is 1.11 bits per heavy atom. The summed E-state index contributed by atoms with van der Waals surface area (Å²) in [6.07, 6.45) is 29.6. The fourth-order valence-electron chi connectivity index (χ4n) is 4.08. The van der Waals surface area contributed by atoms with Gasteiger partial charge in [0.2, 0.25) is 5.91 Å². The lowest BCUT2D eigenvalue weighted by atomic mass is 10.0. The fourth-order valence-corrected chi connectivity index (χ4v) is 4.08. The Hall–Kier alpha value is -1.32. The lowest BCUT2D eigenvalue weighted by molar-refractivity contribution is -0.137. The molecule has 0 aliphatic heterocycles. The molecule has 4 nitrogen and oxygen atoms in total. The van der Waals surface area contributed by atoms with E-state index in [2.05, 4.69) is 19.9 Å². The van der Waals surface area contributed by atoms with Crippen LogP contribution in [0.5, 0.6) is 0 Å². The van der Waals surface area contributed by atoms with E-state index < -0.39 is 5.97 Å². The Labute approximate surface area is 218 Å². The number of primary amides is 1. The molecule has 0 aromatic rings. The molecule has 0 atom stereocenters. The summed E-state index contributed by atoms with van der Waals surface area (Å²) >= 11 is 0. The zero-order chi connectivity index (χ0) is 26.6. The number of carbonyl (C=O) groups is 2. The van der Waals surface area contributed by atoms with Crippen LogP contribution in [0.1, 0.15) is 169 Å². The molecule has 0 heterocycles. The number of unbranched alkanes of at least 4 members (excludes halogenated alkanes) is 16. The van der Waals surface area contributed by atoms with E-state index in [4.69, 9.17) is 10.8 Å². The topological polar surface area (TPSA) is 80.4 Å². The van der Waals surface area contributed by atoms with E-state index in [0.29, 0.717) is 18.8 Å². The highest BCUT2D eigenvalue weighted by Gasteiger charge is 1.98. The van der Waals surface area contributed by atoms with Gasteiger partial charge in [-0.15, -0.1) is 0 Å². The van der Waals surface area contributed by atoms with E-state index >= 15 is 0 Å². The minimum atomic E-state index is -0.696. The van der Waals surface area contributed by atoms with Crippen molar-refractivity contribution >= 4 is 11.9 Å². The molecule has 0 fully saturated rings. The maximum atomic E-state index is 10.6. The molecule has 0 bridgehead atoms. The minimum Gasteiger partial charge on any atom is -0.481 e. The first-order chi connectivity index (χ1) is 16.8. The van der Waals surface area contributed by atoms with Gasteiger partial charge in [0.15, 0.2) is 0 Å². The highest BCUT2D eigenvalue weighted by Crippen LogP contribution is 2.15. The van der Waals surface area contributed by atoms with Crippen molar-refractivity contribution in [3.8, 4) is 0 Å². The third kappa shape index (κ3) is 37.4. The maximum absolute atomic E-state index is 10.6. The molecule has 0 spiro atoms. The number of aliphatic carboxylic acids is 1. The lowest BCUT2D eigenvalue weighted by Crippen LogP contribution is -2.09. The summed E-state index contributed by atoms with van der Waals surface area (Å²) in [4.78, 5) is 20.5. The standard InChI is InChI=1S/C25H49NO.C6H12O2/c1-3-4-5-6-7-12-15-18-21-24(2)22-19-16-13-10-8-9-11-14-17-20-23-25(26)27;1-5(2)3-4-6(7)8/h22H,3-21,23H2,1-2H3,(H2,26,27);5H,3-4H2,1-2H3,(H,7,8)/b24-22-;. The van der Waals surface area contributed by atoms with Gasteiger partial charge in [-0.1, -0.05) is 122 Å². The van der Waals surface area contributed by atoms with Gasteiger partial charge in [-0.05, 0) is 51.4 Å². The van der Waals surface area contributed by atoms with Crippen LogP contribution < -0.4 is 5.73 Å². The smallest absolute Gasteiger partial charge is 0.303 e. The second kappa shape index (κ2) is 28.9. The van der Waals surface area contributed by atoms with Crippen LogP contribution in [0.2, 0.25) is 0 Å². The molecule has 3 N–H and O–H groups in total. The predicted molar refractivity (Wildman–Crippen MR) is 153 cm³/mol. The zero-order valence-electron chi connectivity index (χ0n) is 24.1. The third-order valence-corrected chi connectivity index (χ3v) is 6.48. The van der Waals surface area contributed by atoms with Gasteiger partial charge in [-0.3, -0.25) is 9.59 Å². The monoisotopic (exact) mass is 495 g/mol. The van der Waals surface area contributed by atoms with Gasteiger partial charge >= 0.3 is 5.97 Å². The normalized spacial score (nSPS) is 11.4. The van der Waals surface area contributed by atoms with Crippen LogP contribution in [0.3, 0.4) is 0 Å². The summed E-state index contributed by atoms with van der Waals surface area (Å²) < 4.78 is 0. The molecule has 1 amide bonds.